The predicted octanol–water partition coefficient (Wildman–Crippen LogP) is 7.71. The number of ether oxygens (including phenoxy) is 1. The number of anilines is 1. The van der Waals surface area contributed by atoms with Crippen molar-refractivity contribution in [3.05, 3.63) is 149 Å². The lowest BCUT2D eigenvalue weighted by Gasteiger charge is -2.36. The van der Waals surface area contributed by atoms with Crippen molar-refractivity contribution in [2.45, 2.75) is 94.0 Å². The molecule has 10 aliphatic rings. The van der Waals surface area contributed by atoms with Crippen molar-refractivity contribution in [2.75, 3.05) is 4.90 Å². The molecule has 4 heterocycles. The summed E-state index contributed by atoms with van der Waals surface area (Å²) in [4.78, 5) is 8.14. The number of rotatable bonds is 3. The van der Waals surface area contributed by atoms with Crippen LogP contribution < -0.4 is 10.2 Å². The lowest BCUT2D eigenvalue weighted by atomic mass is 9.80. The van der Waals surface area contributed by atoms with E-state index in [4.69, 9.17) is 4.74 Å². The van der Waals surface area contributed by atoms with Crippen LogP contribution in [0.25, 0.3) is 0 Å². The van der Waals surface area contributed by atoms with Crippen LogP contribution in [0.4, 0.5) is 5.69 Å². The van der Waals surface area contributed by atoms with E-state index in [1.807, 2.05) is 0 Å². The van der Waals surface area contributed by atoms with Gasteiger partial charge >= 0.3 is 0 Å². The summed E-state index contributed by atoms with van der Waals surface area (Å²) in [7, 11) is 0. The number of allylic oxidation sites excluding steroid dienone is 10. The average molecular weight is 633 g/mol. The van der Waals surface area contributed by atoms with Gasteiger partial charge in [0.15, 0.2) is 0 Å². The molecule has 6 aliphatic carbocycles. The third-order valence-corrected chi connectivity index (χ3v) is 12.9. The number of para-hydroxylation sites is 1. The molecule has 2 saturated heterocycles. The second kappa shape index (κ2) is 10.7. The molecule has 0 saturated carbocycles. The molecular weight excluding hydrogens is 589 g/mol. The molecule has 5 nitrogen and oxygen atoms in total. The van der Waals surface area contributed by atoms with Crippen LogP contribution in [-0.2, 0) is 4.74 Å². The molecule has 1 aromatic rings. The monoisotopic (exact) mass is 632 g/mol. The molecule has 9 unspecified atom stereocenters. The van der Waals surface area contributed by atoms with Crippen LogP contribution in [0.5, 0.6) is 0 Å². The molecule has 2 fully saturated rings. The Morgan fingerprint density at radius 3 is 2.52 bits per heavy atom. The highest BCUT2D eigenvalue weighted by molar-refractivity contribution is 5.55. The maximum atomic E-state index is 6.67. The van der Waals surface area contributed by atoms with Crippen molar-refractivity contribution in [1.29, 1.82) is 0 Å². The fourth-order valence-corrected chi connectivity index (χ4v) is 10.9. The normalized spacial score (nSPS) is 38.5. The van der Waals surface area contributed by atoms with Crippen LogP contribution in [0.2, 0.25) is 0 Å². The van der Waals surface area contributed by atoms with Crippen molar-refractivity contribution in [2.24, 2.45) is 11.8 Å². The zero-order chi connectivity index (χ0) is 31.3. The Bertz CT molecular complexity index is 1870. The van der Waals surface area contributed by atoms with Crippen LogP contribution in [-0.4, -0.2) is 52.4 Å². The van der Waals surface area contributed by atoms with Crippen LogP contribution >= 0.6 is 0 Å². The van der Waals surface area contributed by atoms with E-state index in [-0.39, 0.29) is 18.3 Å². The summed E-state index contributed by atoms with van der Waals surface area (Å²) >= 11 is 0. The largest absolute Gasteiger partial charge is 0.489 e. The summed E-state index contributed by atoms with van der Waals surface area (Å²) in [5.41, 5.74) is 10.5. The summed E-state index contributed by atoms with van der Waals surface area (Å²) in [6.07, 6.45) is 40.9. The first-order valence-electron chi connectivity index (χ1n) is 18.6. The lowest BCUT2D eigenvalue weighted by Crippen LogP contribution is -2.47. The van der Waals surface area contributed by atoms with Crippen LogP contribution in [0.15, 0.2) is 149 Å². The molecule has 0 spiro atoms. The lowest BCUT2D eigenvalue weighted by molar-refractivity contribution is 0.156. The van der Waals surface area contributed by atoms with Gasteiger partial charge in [-0.1, -0.05) is 79.0 Å². The number of nitrogens with zero attached hydrogens (tertiary/aromatic N) is 3. The quantitative estimate of drug-likeness (QED) is 0.369. The second-order valence-corrected chi connectivity index (χ2v) is 15.2. The first kappa shape index (κ1) is 27.8. The highest BCUT2D eigenvalue weighted by Gasteiger charge is 2.55. The third kappa shape index (κ3) is 4.04. The summed E-state index contributed by atoms with van der Waals surface area (Å²) in [5, 5.41) is 4.00. The number of hydrogen-bond acceptors (Lipinski definition) is 5. The van der Waals surface area contributed by atoms with E-state index in [1.165, 1.54) is 60.4 Å². The molecule has 11 rings (SSSR count). The Kier molecular flexibility index (Phi) is 6.22. The first-order valence-corrected chi connectivity index (χ1v) is 18.6. The van der Waals surface area contributed by atoms with E-state index >= 15 is 0 Å². The fourth-order valence-electron chi connectivity index (χ4n) is 10.9. The van der Waals surface area contributed by atoms with Crippen molar-refractivity contribution in [3.8, 4) is 0 Å². The molecule has 242 valence electrons. The first-order chi connectivity index (χ1) is 23.8. The van der Waals surface area contributed by atoms with Crippen molar-refractivity contribution < 1.29 is 4.74 Å². The van der Waals surface area contributed by atoms with Gasteiger partial charge in [-0.25, -0.2) is 0 Å². The molecule has 1 N–H and O–H groups in total. The fraction of sp³-hybridized carbons (Fsp3) is 0.395. The Morgan fingerprint density at radius 2 is 1.58 bits per heavy atom. The molecule has 0 bridgehead atoms. The molecule has 9 atom stereocenters. The van der Waals surface area contributed by atoms with Crippen molar-refractivity contribution in [1.82, 2.24) is 15.1 Å². The van der Waals surface area contributed by atoms with Crippen LogP contribution in [0, 0.1) is 11.8 Å². The van der Waals surface area contributed by atoms with E-state index in [0.717, 1.165) is 19.3 Å². The minimum Gasteiger partial charge on any atom is -0.489 e. The van der Waals surface area contributed by atoms with Gasteiger partial charge in [0, 0.05) is 47.0 Å². The smallest absolute Gasteiger partial charge is 0.139 e. The molecule has 0 radical (unpaired) electrons. The minimum atomic E-state index is 0.118. The van der Waals surface area contributed by atoms with E-state index in [0.29, 0.717) is 36.1 Å². The summed E-state index contributed by atoms with van der Waals surface area (Å²) < 4.78 is 6.67. The Balaban J connectivity index is 0.921. The van der Waals surface area contributed by atoms with E-state index < -0.39 is 0 Å². The van der Waals surface area contributed by atoms with Gasteiger partial charge in [-0.15, -0.1) is 0 Å². The van der Waals surface area contributed by atoms with Gasteiger partial charge < -0.3 is 14.5 Å². The zero-order valence-electron chi connectivity index (χ0n) is 27.5. The molecular formula is C43H44N4O. The summed E-state index contributed by atoms with van der Waals surface area (Å²) in [6, 6.07) is 13.1. The van der Waals surface area contributed by atoms with Gasteiger partial charge in [-0.05, 0) is 92.0 Å². The van der Waals surface area contributed by atoms with Gasteiger partial charge in [0.25, 0.3) is 0 Å². The number of fused-ring (bicyclic) bond motifs is 9. The topological polar surface area (TPSA) is 31.0 Å². The number of benzene rings is 1. The third-order valence-electron chi connectivity index (χ3n) is 12.9. The Morgan fingerprint density at radius 1 is 0.729 bits per heavy atom. The molecule has 1 aromatic carbocycles. The highest BCUT2D eigenvalue weighted by Crippen LogP contribution is 2.50. The molecule has 48 heavy (non-hydrogen) atoms. The van der Waals surface area contributed by atoms with Gasteiger partial charge in [0.2, 0.25) is 0 Å². The average Bonchev–Trinajstić information content (AvgIpc) is 3.88. The zero-order valence-corrected chi connectivity index (χ0v) is 27.5. The highest BCUT2D eigenvalue weighted by atomic mass is 16.5. The number of nitrogens with one attached hydrogen (secondary N) is 1. The van der Waals surface area contributed by atoms with E-state index in [1.54, 1.807) is 16.8 Å². The van der Waals surface area contributed by atoms with E-state index in [2.05, 4.69) is 129 Å². The number of hydrogen-bond donors (Lipinski definition) is 1. The Hall–Kier alpha value is -4.06. The summed E-state index contributed by atoms with van der Waals surface area (Å²) in [6.45, 7) is 0. The SMILES string of the molecule is C1=CC2NC3N(c4ccccc4)C4CCC(C5=CC6=C(CC5)OC5C=CC(N7C8=C(CCCC8)C8C=CC=CC87)=CC65)=CC4N3C2C=C1. The van der Waals surface area contributed by atoms with E-state index in [9.17, 15) is 0 Å². The van der Waals surface area contributed by atoms with Gasteiger partial charge in [0.05, 0.1) is 24.2 Å². The van der Waals surface area contributed by atoms with Crippen molar-refractivity contribution >= 4 is 5.69 Å². The maximum absolute atomic E-state index is 6.67. The Labute approximate surface area is 284 Å². The summed E-state index contributed by atoms with van der Waals surface area (Å²) in [5.74, 6) is 2.04. The molecule has 5 heteroatoms. The van der Waals surface area contributed by atoms with Crippen LogP contribution in [0.1, 0.15) is 51.4 Å². The van der Waals surface area contributed by atoms with Crippen LogP contribution in [0.3, 0.4) is 0 Å². The standard InChI is InChI=1S/C43H44N4O/c1-2-10-29(11-3-1)46-39-21-18-28(25-40(39)47-38-17-9-6-14-35(38)44-43(46)47)27-19-22-41-33(24-27)34-26-30(20-23-42(34)48-41)45-36-15-7-4-12-31(36)32-13-5-8-16-37(32)45/h1-4,6-7,9-12,14-15,17,20,23-26,31,34-36,38-40,42-44H,5,8,13,16,18-19,21-22H2. The van der Waals surface area contributed by atoms with Gasteiger partial charge in [-0.2, -0.15) is 0 Å². The molecule has 4 aliphatic heterocycles. The molecule has 0 amide bonds. The maximum Gasteiger partial charge on any atom is 0.139 e. The van der Waals surface area contributed by atoms with Crippen molar-refractivity contribution in [3.63, 3.8) is 0 Å². The van der Waals surface area contributed by atoms with Gasteiger partial charge in [0.1, 0.15) is 18.2 Å². The van der Waals surface area contributed by atoms with Gasteiger partial charge in [-0.3, -0.25) is 10.2 Å². The predicted molar refractivity (Wildman–Crippen MR) is 191 cm³/mol. The minimum absolute atomic E-state index is 0.118. The second-order valence-electron chi connectivity index (χ2n) is 15.2. The molecule has 0 aromatic heterocycles.